The molecule has 3 rings (SSSR count). The van der Waals surface area contributed by atoms with Gasteiger partial charge in [-0.2, -0.15) is 5.10 Å². The number of halogens is 1. The van der Waals surface area contributed by atoms with Crippen LogP contribution in [0.1, 0.15) is 0 Å². The lowest BCUT2D eigenvalue weighted by Gasteiger charge is -2.09. The van der Waals surface area contributed by atoms with E-state index >= 15 is 0 Å². The Morgan fingerprint density at radius 1 is 1.20 bits per heavy atom. The van der Waals surface area contributed by atoms with Crippen LogP contribution in [0.5, 0.6) is 5.75 Å². The van der Waals surface area contributed by atoms with Crippen molar-refractivity contribution in [2.75, 3.05) is 18.7 Å². The van der Waals surface area contributed by atoms with Crippen molar-refractivity contribution in [2.24, 2.45) is 4.99 Å². The van der Waals surface area contributed by atoms with Crippen molar-refractivity contribution in [3.05, 3.63) is 59.6 Å². The molecule has 0 unspecified atom stereocenters. The molecule has 5 nitrogen and oxygen atoms in total. The largest absolute Gasteiger partial charge is 0.495 e. The van der Waals surface area contributed by atoms with Crippen molar-refractivity contribution < 1.29 is 4.74 Å². The maximum atomic E-state index is 6.16. The van der Waals surface area contributed by atoms with Gasteiger partial charge in [-0.1, -0.05) is 53.7 Å². The number of H-pyrrole nitrogens is 1. The molecule has 0 saturated carbocycles. The summed E-state index contributed by atoms with van der Waals surface area (Å²) in [5, 5.41) is 11.8. The minimum absolute atomic E-state index is 0.541. The Bertz CT molecular complexity index is 880. The van der Waals surface area contributed by atoms with E-state index in [9.17, 15) is 0 Å². The van der Waals surface area contributed by atoms with Gasteiger partial charge < -0.3 is 10.1 Å². The number of nitrogens with one attached hydrogen (secondary N) is 2. The topological polar surface area (TPSA) is 62.3 Å². The third kappa shape index (κ3) is 4.35. The van der Waals surface area contributed by atoms with Gasteiger partial charge in [0.2, 0.25) is 0 Å². The molecule has 1 heterocycles. The van der Waals surface area contributed by atoms with Gasteiger partial charge in [0.15, 0.2) is 11.0 Å². The normalized spacial score (nSPS) is 11.4. The number of nitrogens with zero attached hydrogens (tertiary/aromatic N) is 2. The van der Waals surface area contributed by atoms with Crippen LogP contribution in [0.15, 0.2) is 59.6 Å². The summed E-state index contributed by atoms with van der Waals surface area (Å²) in [6, 6.07) is 17.4. The Labute approximate surface area is 155 Å². The Kier molecular flexibility index (Phi) is 5.63. The van der Waals surface area contributed by atoms with Crippen molar-refractivity contribution >= 4 is 40.0 Å². The first-order valence-corrected chi connectivity index (χ1v) is 9.14. The highest BCUT2D eigenvalue weighted by molar-refractivity contribution is 8.13. The SMILES string of the molecule is COc1ccc(NC(=Nc2cc(-c3ccccc3)[nH]n2)SC)cc1Cl. The molecule has 0 aliphatic carbocycles. The van der Waals surface area contributed by atoms with E-state index < -0.39 is 0 Å². The van der Waals surface area contributed by atoms with Crippen LogP contribution in [0.2, 0.25) is 5.02 Å². The van der Waals surface area contributed by atoms with E-state index in [4.69, 9.17) is 16.3 Å². The zero-order chi connectivity index (χ0) is 17.6. The summed E-state index contributed by atoms with van der Waals surface area (Å²) < 4.78 is 5.16. The predicted molar refractivity (Wildman–Crippen MR) is 106 cm³/mol. The fraction of sp³-hybridized carbons (Fsp3) is 0.111. The molecular weight excluding hydrogens is 356 g/mol. The van der Waals surface area contributed by atoms with Crippen molar-refractivity contribution in [3.8, 4) is 17.0 Å². The number of hydrogen-bond donors (Lipinski definition) is 2. The maximum absolute atomic E-state index is 6.16. The van der Waals surface area contributed by atoms with Gasteiger partial charge in [-0.3, -0.25) is 5.10 Å². The zero-order valence-electron chi connectivity index (χ0n) is 13.8. The van der Waals surface area contributed by atoms with Crippen LogP contribution in [-0.4, -0.2) is 28.7 Å². The van der Waals surface area contributed by atoms with Gasteiger partial charge >= 0.3 is 0 Å². The Morgan fingerprint density at radius 3 is 2.68 bits per heavy atom. The molecule has 3 aromatic rings. The molecule has 0 aliphatic rings. The number of anilines is 1. The van der Waals surface area contributed by atoms with E-state index in [1.54, 1.807) is 13.2 Å². The summed E-state index contributed by atoms with van der Waals surface area (Å²) in [7, 11) is 1.59. The fourth-order valence-electron chi connectivity index (χ4n) is 2.23. The van der Waals surface area contributed by atoms with E-state index in [1.165, 1.54) is 11.8 Å². The standard InChI is InChI=1S/C18H17ClN4OS/c1-24-16-9-8-13(10-14(16)19)20-18(25-2)21-17-11-15(22-23-17)12-6-4-3-5-7-12/h3-11H,1-2H3,(H2,20,21,22,23). The molecule has 0 radical (unpaired) electrons. The minimum atomic E-state index is 0.541. The summed E-state index contributed by atoms with van der Waals surface area (Å²) in [4.78, 5) is 4.54. The Balaban J connectivity index is 1.79. The maximum Gasteiger partial charge on any atom is 0.176 e. The first-order valence-electron chi connectivity index (χ1n) is 7.53. The lowest BCUT2D eigenvalue weighted by atomic mass is 10.2. The number of aromatic nitrogens is 2. The van der Waals surface area contributed by atoms with Gasteiger partial charge in [-0.05, 0) is 30.0 Å². The van der Waals surface area contributed by atoms with Crippen molar-refractivity contribution in [2.45, 2.75) is 0 Å². The molecule has 1 aromatic heterocycles. The van der Waals surface area contributed by atoms with Gasteiger partial charge in [-0.15, -0.1) is 0 Å². The molecule has 2 N–H and O–H groups in total. The summed E-state index contributed by atoms with van der Waals surface area (Å²) >= 11 is 7.65. The van der Waals surface area contributed by atoms with Crippen molar-refractivity contribution in [1.82, 2.24) is 10.2 Å². The minimum Gasteiger partial charge on any atom is -0.495 e. The number of rotatable bonds is 4. The van der Waals surface area contributed by atoms with Crippen LogP contribution in [0.3, 0.4) is 0 Å². The third-order valence-corrected chi connectivity index (χ3v) is 4.34. The molecule has 0 amide bonds. The molecule has 0 spiro atoms. The van der Waals surface area contributed by atoms with E-state index in [0.29, 0.717) is 21.8 Å². The van der Waals surface area contributed by atoms with Crippen LogP contribution in [0.4, 0.5) is 11.5 Å². The molecule has 25 heavy (non-hydrogen) atoms. The molecule has 128 valence electrons. The highest BCUT2D eigenvalue weighted by Crippen LogP contribution is 2.28. The molecule has 2 aromatic carbocycles. The third-order valence-electron chi connectivity index (χ3n) is 3.46. The van der Waals surface area contributed by atoms with E-state index in [-0.39, 0.29) is 0 Å². The number of methoxy groups -OCH3 is 1. The van der Waals surface area contributed by atoms with Gasteiger partial charge in [0.05, 0.1) is 17.8 Å². The van der Waals surface area contributed by atoms with Crippen molar-refractivity contribution in [1.29, 1.82) is 0 Å². The number of amidine groups is 1. The number of ether oxygens (including phenoxy) is 1. The number of aliphatic imine (C=N–C) groups is 1. The quantitative estimate of drug-likeness (QED) is 0.488. The predicted octanol–water partition coefficient (Wildman–Crippen LogP) is 5.20. The summed E-state index contributed by atoms with van der Waals surface area (Å²) in [5.41, 5.74) is 2.82. The average Bonchev–Trinajstić information content (AvgIpc) is 3.10. The van der Waals surface area contributed by atoms with Crippen LogP contribution in [-0.2, 0) is 0 Å². The van der Waals surface area contributed by atoms with E-state index in [0.717, 1.165) is 16.9 Å². The lowest BCUT2D eigenvalue weighted by Crippen LogP contribution is -2.06. The first kappa shape index (κ1) is 17.4. The average molecular weight is 373 g/mol. The lowest BCUT2D eigenvalue weighted by molar-refractivity contribution is 0.415. The van der Waals surface area contributed by atoms with Gasteiger partial charge in [-0.25, -0.2) is 4.99 Å². The highest BCUT2D eigenvalue weighted by Gasteiger charge is 2.06. The first-order chi connectivity index (χ1) is 12.2. The molecule has 7 heteroatoms. The molecule has 0 saturated heterocycles. The molecule has 0 bridgehead atoms. The van der Waals surface area contributed by atoms with Crippen LogP contribution in [0.25, 0.3) is 11.3 Å². The van der Waals surface area contributed by atoms with E-state index in [2.05, 4.69) is 20.5 Å². The molecular formula is C18H17ClN4OS. The second-order valence-electron chi connectivity index (χ2n) is 5.10. The molecule has 0 aliphatic heterocycles. The molecule has 0 fully saturated rings. The van der Waals surface area contributed by atoms with Crippen LogP contribution >= 0.6 is 23.4 Å². The molecule has 0 atom stereocenters. The van der Waals surface area contributed by atoms with Crippen LogP contribution < -0.4 is 10.1 Å². The number of benzene rings is 2. The number of thioether (sulfide) groups is 1. The second kappa shape index (κ2) is 8.09. The van der Waals surface area contributed by atoms with Crippen molar-refractivity contribution in [3.63, 3.8) is 0 Å². The van der Waals surface area contributed by atoms with Gasteiger partial charge in [0.1, 0.15) is 5.75 Å². The number of aromatic amines is 1. The Hall–Kier alpha value is -2.44. The fourth-order valence-corrected chi connectivity index (χ4v) is 2.89. The highest BCUT2D eigenvalue weighted by atomic mass is 35.5. The summed E-state index contributed by atoms with van der Waals surface area (Å²) in [5.74, 6) is 1.24. The Morgan fingerprint density at radius 2 is 2.00 bits per heavy atom. The van der Waals surface area contributed by atoms with E-state index in [1.807, 2.05) is 54.8 Å². The second-order valence-corrected chi connectivity index (χ2v) is 6.30. The van der Waals surface area contributed by atoms with Gasteiger partial charge in [0, 0.05) is 11.8 Å². The van der Waals surface area contributed by atoms with Crippen LogP contribution in [0, 0.1) is 0 Å². The smallest absolute Gasteiger partial charge is 0.176 e. The summed E-state index contributed by atoms with van der Waals surface area (Å²) in [6.45, 7) is 0. The monoisotopic (exact) mass is 372 g/mol. The zero-order valence-corrected chi connectivity index (χ0v) is 15.4. The number of hydrogen-bond acceptors (Lipinski definition) is 4. The van der Waals surface area contributed by atoms with Gasteiger partial charge in [0.25, 0.3) is 0 Å². The summed E-state index contributed by atoms with van der Waals surface area (Å²) in [6.07, 6.45) is 1.95.